The van der Waals surface area contributed by atoms with E-state index in [0.29, 0.717) is 29.5 Å². The lowest BCUT2D eigenvalue weighted by Gasteiger charge is -2.08. The summed E-state index contributed by atoms with van der Waals surface area (Å²) in [5, 5.41) is 8.06. The predicted molar refractivity (Wildman–Crippen MR) is 76.8 cm³/mol. The van der Waals surface area contributed by atoms with Crippen LogP contribution >= 0.6 is 0 Å². The topological polar surface area (TPSA) is 87.7 Å². The Hall–Kier alpha value is -3.03. The number of hydrogen-bond acceptors (Lipinski definition) is 6. The van der Waals surface area contributed by atoms with Gasteiger partial charge < -0.3 is 4.74 Å². The highest BCUT2D eigenvalue weighted by molar-refractivity contribution is 5.92. The second-order valence-corrected chi connectivity index (χ2v) is 4.52. The fraction of sp³-hybridized carbons (Fsp3) is 0.214. The number of carbonyl (C=O) groups excluding carboxylic acids is 1. The van der Waals surface area contributed by atoms with Gasteiger partial charge in [-0.05, 0) is 26.0 Å². The standard InChI is InChI=1S/C14H14N6O2/c1-3-19-13(6-7-16-19)22-14(21)11-4-5-12(18-10(11)2)20-9-15-8-17-20/h4-9H,3H2,1-2H3. The van der Waals surface area contributed by atoms with Gasteiger partial charge in [0.25, 0.3) is 0 Å². The molecule has 0 bridgehead atoms. The van der Waals surface area contributed by atoms with E-state index in [9.17, 15) is 4.79 Å². The molecule has 0 saturated heterocycles. The molecule has 0 aliphatic carbocycles. The normalized spacial score (nSPS) is 10.6. The molecule has 0 amide bonds. The minimum atomic E-state index is -0.467. The minimum Gasteiger partial charge on any atom is -0.404 e. The van der Waals surface area contributed by atoms with Gasteiger partial charge in [0.2, 0.25) is 5.88 Å². The van der Waals surface area contributed by atoms with E-state index in [0.717, 1.165) is 0 Å². The monoisotopic (exact) mass is 298 g/mol. The van der Waals surface area contributed by atoms with Crippen molar-refractivity contribution < 1.29 is 9.53 Å². The molecule has 0 N–H and O–H groups in total. The molecule has 0 saturated carbocycles. The molecule has 0 aliphatic rings. The summed E-state index contributed by atoms with van der Waals surface area (Å²) >= 11 is 0. The Kier molecular flexibility index (Phi) is 3.65. The minimum absolute atomic E-state index is 0.396. The van der Waals surface area contributed by atoms with Gasteiger partial charge in [0, 0.05) is 12.6 Å². The van der Waals surface area contributed by atoms with Crippen molar-refractivity contribution in [2.24, 2.45) is 0 Å². The Bertz CT molecular complexity index is 794. The van der Waals surface area contributed by atoms with E-state index in [4.69, 9.17) is 4.74 Å². The van der Waals surface area contributed by atoms with Crippen LogP contribution in [0.1, 0.15) is 23.0 Å². The number of ether oxygens (including phenoxy) is 1. The molecule has 0 aromatic carbocycles. The first-order valence-corrected chi connectivity index (χ1v) is 6.75. The number of aryl methyl sites for hydroxylation is 2. The van der Waals surface area contributed by atoms with Crippen molar-refractivity contribution in [1.29, 1.82) is 0 Å². The molecule has 0 spiro atoms. The van der Waals surface area contributed by atoms with Gasteiger partial charge in [-0.15, -0.1) is 0 Å². The van der Waals surface area contributed by atoms with E-state index in [2.05, 4.69) is 20.2 Å². The summed E-state index contributed by atoms with van der Waals surface area (Å²) in [7, 11) is 0. The largest absolute Gasteiger partial charge is 0.404 e. The number of carbonyl (C=O) groups is 1. The maximum atomic E-state index is 12.3. The van der Waals surface area contributed by atoms with Crippen LogP contribution in [0.5, 0.6) is 5.88 Å². The van der Waals surface area contributed by atoms with E-state index in [1.807, 2.05) is 6.92 Å². The highest BCUT2D eigenvalue weighted by Gasteiger charge is 2.15. The number of rotatable bonds is 4. The summed E-state index contributed by atoms with van der Waals surface area (Å²) in [4.78, 5) is 20.5. The molecule has 112 valence electrons. The fourth-order valence-electron chi connectivity index (χ4n) is 2.01. The molecular formula is C14H14N6O2. The van der Waals surface area contributed by atoms with Crippen LogP contribution in [0.2, 0.25) is 0 Å². The predicted octanol–water partition coefficient (Wildman–Crippen LogP) is 1.41. The van der Waals surface area contributed by atoms with Crippen LogP contribution in [0.3, 0.4) is 0 Å². The summed E-state index contributed by atoms with van der Waals surface area (Å²) < 4.78 is 8.48. The average Bonchev–Trinajstić information content (AvgIpc) is 3.18. The molecule has 0 unspecified atom stereocenters. The molecule has 0 atom stereocenters. The Morgan fingerprint density at radius 1 is 1.27 bits per heavy atom. The highest BCUT2D eigenvalue weighted by Crippen LogP contribution is 2.15. The third-order valence-corrected chi connectivity index (χ3v) is 3.12. The molecule has 8 nitrogen and oxygen atoms in total. The van der Waals surface area contributed by atoms with Gasteiger partial charge in [0.1, 0.15) is 12.7 Å². The smallest absolute Gasteiger partial charge is 0.346 e. The maximum Gasteiger partial charge on any atom is 0.346 e. The van der Waals surface area contributed by atoms with Crippen molar-refractivity contribution in [3.63, 3.8) is 0 Å². The van der Waals surface area contributed by atoms with E-state index < -0.39 is 5.97 Å². The lowest BCUT2D eigenvalue weighted by atomic mass is 10.2. The van der Waals surface area contributed by atoms with Gasteiger partial charge >= 0.3 is 5.97 Å². The molecule has 22 heavy (non-hydrogen) atoms. The lowest BCUT2D eigenvalue weighted by molar-refractivity contribution is 0.0717. The van der Waals surface area contributed by atoms with Crippen LogP contribution in [-0.2, 0) is 6.54 Å². The van der Waals surface area contributed by atoms with Crippen molar-refractivity contribution in [2.75, 3.05) is 0 Å². The Balaban J connectivity index is 1.84. The van der Waals surface area contributed by atoms with Gasteiger partial charge in [-0.1, -0.05) is 0 Å². The lowest BCUT2D eigenvalue weighted by Crippen LogP contribution is -2.14. The number of aromatic nitrogens is 6. The summed E-state index contributed by atoms with van der Waals surface area (Å²) in [6.45, 7) is 4.29. The van der Waals surface area contributed by atoms with E-state index in [1.54, 1.807) is 42.3 Å². The van der Waals surface area contributed by atoms with Crippen LogP contribution in [0.15, 0.2) is 37.1 Å². The van der Waals surface area contributed by atoms with E-state index in [-0.39, 0.29) is 0 Å². The zero-order valence-corrected chi connectivity index (χ0v) is 12.2. The third kappa shape index (κ3) is 2.58. The van der Waals surface area contributed by atoms with Crippen molar-refractivity contribution in [2.45, 2.75) is 20.4 Å². The Morgan fingerprint density at radius 3 is 2.82 bits per heavy atom. The van der Waals surface area contributed by atoms with Crippen LogP contribution in [-0.4, -0.2) is 35.5 Å². The maximum absolute atomic E-state index is 12.3. The van der Waals surface area contributed by atoms with E-state index in [1.165, 1.54) is 11.0 Å². The van der Waals surface area contributed by atoms with Gasteiger partial charge in [-0.2, -0.15) is 10.2 Å². The van der Waals surface area contributed by atoms with Gasteiger partial charge in [0.05, 0.1) is 17.5 Å². The first-order chi connectivity index (χ1) is 10.7. The van der Waals surface area contributed by atoms with Crippen LogP contribution in [0.4, 0.5) is 0 Å². The Morgan fingerprint density at radius 2 is 2.14 bits per heavy atom. The number of pyridine rings is 1. The number of esters is 1. The summed E-state index contributed by atoms with van der Waals surface area (Å²) in [5.41, 5.74) is 0.952. The Labute approximate surface area is 126 Å². The molecular weight excluding hydrogens is 284 g/mol. The number of nitrogens with zero attached hydrogens (tertiary/aromatic N) is 6. The van der Waals surface area contributed by atoms with Crippen molar-refractivity contribution in [3.8, 4) is 11.7 Å². The van der Waals surface area contributed by atoms with Crippen molar-refractivity contribution in [1.82, 2.24) is 29.5 Å². The third-order valence-electron chi connectivity index (χ3n) is 3.12. The summed E-state index contributed by atoms with van der Waals surface area (Å²) in [5.74, 6) is 0.530. The summed E-state index contributed by atoms with van der Waals surface area (Å²) in [6, 6.07) is 5.00. The molecule has 3 heterocycles. The average molecular weight is 298 g/mol. The number of hydrogen-bond donors (Lipinski definition) is 0. The van der Waals surface area contributed by atoms with Gasteiger partial charge in [-0.3, -0.25) is 0 Å². The fourth-order valence-corrected chi connectivity index (χ4v) is 2.01. The van der Waals surface area contributed by atoms with Gasteiger partial charge in [0.15, 0.2) is 5.82 Å². The van der Waals surface area contributed by atoms with Gasteiger partial charge in [-0.25, -0.2) is 24.1 Å². The van der Waals surface area contributed by atoms with E-state index >= 15 is 0 Å². The second kappa shape index (κ2) is 5.76. The van der Waals surface area contributed by atoms with Crippen LogP contribution < -0.4 is 4.74 Å². The molecule has 0 radical (unpaired) electrons. The molecule has 8 heteroatoms. The quantitative estimate of drug-likeness (QED) is 0.677. The molecule has 3 aromatic heterocycles. The SMILES string of the molecule is CCn1nccc1OC(=O)c1ccc(-n2cncn2)nc1C. The van der Waals surface area contributed by atoms with Crippen molar-refractivity contribution >= 4 is 5.97 Å². The van der Waals surface area contributed by atoms with Crippen molar-refractivity contribution in [3.05, 3.63) is 48.3 Å². The zero-order chi connectivity index (χ0) is 15.5. The van der Waals surface area contributed by atoms with Crippen LogP contribution in [0, 0.1) is 6.92 Å². The second-order valence-electron chi connectivity index (χ2n) is 4.52. The highest BCUT2D eigenvalue weighted by atomic mass is 16.5. The molecule has 0 aliphatic heterocycles. The van der Waals surface area contributed by atoms with Crippen LogP contribution in [0.25, 0.3) is 5.82 Å². The summed E-state index contributed by atoms with van der Waals surface area (Å²) in [6.07, 6.45) is 4.55. The first kappa shape index (κ1) is 13.9. The molecule has 0 fully saturated rings. The first-order valence-electron chi connectivity index (χ1n) is 6.75. The molecule has 3 aromatic rings. The molecule has 3 rings (SSSR count). The zero-order valence-electron chi connectivity index (χ0n) is 12.2.